The first-order valence-electron chi connectivity index (χ1n) is 14.7. The fourth-order valence-corrected chi connectivity index (χ4v) is 11.9. The second-order valence-electron chi connectivity index (χ2n) is 15.2. The van der Waals surface area contributed by atoms with E-state index in [1.807, 2.05) is 0 Å². The molecule has 5 aliphatic carbocycles. The Balaban J connectivity index is 1.51. The van der Waals surface area contributed by atoms with Gasteiger partial charge in [-0.2, -0.15) is 0 Å². The average Bonchev–Trinajstić information content (AvgIpc) is 3.16. The van der Waals surface area contributed by atoms with Crippen molar-refractivity contribution in [2.75, 3.05) is 6.61 Å². The smallest absolute Gasteiger partial charge is 0.302 e. The third-order valence-electron chi connectivity index (χ3n) is 13.8. The summed E-state index contributed by atoms with van der Waals surface area (Å²) in [6.45, 7) is 21.3. The molecule has 0 aromatic rings. The SMILES string of the molecule is C=C(C)[C@@H]1CC[C@]2(CO)CC[C@]3(C)[C@H](CC[C@@H]4[C@@]5(C)CC[C@@H](OC(C)=O)C(C)(C)[C@@H]5CC[C@]43C)[C@H]12. The Morgan fingerprint density at radius 1 is 0.857 bits per heavy atom. The molecule has 5 rings (SSSR count). The number of hydrogen-bond acceptors (Lipinski definition) is 3. The molecule has 5 saturated carbocycles. The van der Waals surface area contributed by atoms with E-state index in [4.69, 9.17) is 4.74 Å². The third-order valence-corrected chi connectivity index (χ3v) is 13.8. The number of allylic oxidation sites excluding steroid dienone is 1. The van der Waals surface area contributed by atoms with Crippen LogP contribution in [0.15, 0.2) is 12.2 Å². The largest absolute Gasteiger partial charge is 0.462 e. The first-order chi connectivity index (χ1) is 16.3. The number of carbonyl (C=O) groups excluding carboxylic acids is 1. The van der Waals surface area contributed by atoms with E-state index in [2.05, 4.69) is 48.1 Å². The van der Waals surface area contributed by atoms with Gasteiger partial charge in [-0.05, 0) is 122 Å². The molecule has 1 N–H and O–H groups in total. The lowest BCUT2D eigenvalue weighted by Crippen LogP contribution is -2.67. The minimum atomic E-state index is -0.126. The number of hydrogen-bond donors (Lipinski definition) is 1. The van der Waals surface area contributed by atoms with E-state index in [0.717, 1.165) is 12.3 Å². The predicted octanol–water partition coefficient (Wildman–Crippen LogP) is 7.57. The average molecular weight is 485 g/mol. The maximum absolute atomic E-state index is 11.9. The maximum atomic E-state index is 11.9. The molecule has 0 spiro atoms. The van der Waals surface area contributed by atoms with Crippen LogP contribution in [-0.2, 0) is 9.53 Å². The van der Waals surface area contributed by atoms with Gasteiger partial charge in [0.05, 0.1) is 0 Å². The normalized spacial score (nSPS) is 52.5. The highest BCUT2D eigenvalue weighted by atomic mass is 16.5. The van der Waals surface area contributed by atoms with E-state index in [1.54, 1.807) is 6.92 Å². The van der Waals surface area contributed by atoms with Crippen LogP contribution in [0.1, 0.15) is 113 Å². The minimum absolute atomic E-state index is 0.0207. The number of fused-ring (bicyclic) bond motifs is 7. The second-order valence-corrected chi connectivity index (χ2v) is 15.2. The molecule has 0 bridgehead atoms. The van der Waals surface area contributed by atoms with Gasteiger partial charge in [0.15, 0.2) is 0 Å². The summed E-state index contributed by atoms with van der Waals surface area (Å²) in [6, 6.07) is 0. The number of carbonyl (C=O) groups is 1. The van der Waals surface area contributed by atoms with Crippen LogP contribution >= 0.6 is 0 Å². The Labute approximate surface area is 214 Å². The van der Waals surface area contributed by atoms with Crippen molar-refractivity contribution in [3.63, 3.8) is 0 Å². The van der Waals surface area contributed by atoms with Crippen molar-refractivity contribution < 1.29 is 14.6 Å². The van der Waals surface area contributed by atoms with Gasteiger partial charge in [0, 0.05) is 18.9 Å². The zero-order chi connectivity index (χ0) is 25.6. The maximum Gasteiger partial charge on any atom is 0.302 e. The molecule has 0 heterocycles. The van der Waals surface area contributed by atoms with E-state index in [-0.39, 0.29) is 22.9 Å². The zero-order valence-electron chi connectivity index (χ0n) is 23.7. The van der Waals surface area contributed by atoms with E-state index in [9.17, 15) is 9.90 Å². The van der Waals surface area contributed by atoms with Gasteiger partial charge in [-0.15, -0.1) is 0 Å². The van der Waals surface area contributed by atoms with Gasteiger partial charge in [0.25, 0.3) is 0 Å². The molecule has 198 valence electrons. The number of aliphatic hydroxyl groups is 1. The molecule has 0 aromatic heterocycles. The highest BCUT2D eigenvalue weighted by Crippen LogP contribution is 2.77. The molecule has 3 heteroatoms. The lowest BCUT2D eigenvalue weighted by molar-refractivity contribution is -0.251. The summed E-state index contributed by atoms with van der Waals surface area (Å²) in [7, 11) is 0. The summed E-state index contributed by atoms with van der Waals surface area (Å²) in [5.74, 6) is 3.07. The van der Waals surface area contributed by atoms with Gasteiger partial charge in [-0.1, -0.05) is 46.8 Å². The van der Waals surface area contributed by atoms with Gasteiger partial charge < -0.3 is 9.84 Å². The molecule has 0 aromatic carbocycles. The Morgan fingerprint density at radius 3 is 2.20 bits per heavy atom. The molecular formula is C32H52O3. The van der Waals surface area contributed by atoms with Crippen molar-refractivity contribution in [2.24, 2.45) is 56.7 Å². The molecule has 0 aliphatic heterocycles. The van der Waals surface area contributed by atoms with Crippen molar-refractivity contribution >= 4 is 5.97 Å². The molecule has 0 unspecified atom stereocenters. The first-order valence-corrected chi connectivity index (χ1v) is 14.7. The summed E-state index contributed by atoms with van der Waals surface area (Å²) >= 11 is 0. The van der Waals surface area contributed by atoms with E-state index in [1.165, 1.54) is 63.4 Å². The van der Waals surface area contributed by atoms with Crippen LogP contribution in [0.2, 0.25) is 0 Å². The van der Waals surface area contributed by atoms with Crippen LogP contribution in [0.3, 0.4) is 0 Å². The van der Waals surface area contributed by atoms with Crippen LogP contribution in [-0.4, -0.2) is 23.8 Å². The number of rotatable bonds is 3. The monoisotopic (exact) mass is 484 g/mol. The van der Waals surface area contributed by atoms with Gasteiger partial charge in [0.1, 0.15) is 6.10 Å². The molecule has 0 radical (unpaired) electrons. The lowest BCUT2D eigenvalue weighted by Gasteiger charge is -2.73. The Hall–Kier alpha value is -0.830. The quantitative estimate of drug-likeness (QED) is 0.332. The number of ether oxygens (including phenoxy) is 1. The van der Waals surface area contributed by atoms with Gasteiger partial charge in [-0.3, -0.25) is 4.79 Å². The van der Waals surface area contributed by atoms with Crippen LogP contribution in [0.5, 0.6) is 0 Å². The van der Waals surface area contributed by atoms with Crippen LogP contribution < -0.4 is 0 Å². The molecule has 0 amide bonds. The predicted molar refractivity (Wildman–Crippen MR) is 142 cm³/mol. The minimum Gasteiger partial charge on any atom is -0.462 e. The Morgan fingerprint density at radius 2 is 1.57 bits per heavy atom. The molecular weight excluding hydrogens is 432 g/mol. The summed E-state index contributed by atoms with van der Waals surface area (Å²) in [5.41, 5.74) is 2.45. The lowest BCUT2D eigenvalue weighted by atomic mass is 9.32. The van der Waals surface area contributed by atoms with Crippen molar-refractivity contribution in [1.29, 1.82) is 0 Å². The molecule has 5 aliphatic rings. The van der Waals surface area contributed by atoms with Crippen LogP contribution in [0, 0.1) is 56.7 Å². The summed E-state index contributed by atoms with van der Waals surface area (Å²) in [4.78, 5) is 11.9. The van der Waals surface area contributed by atoms with Crippen molar-refractivity contribution in [1.82, 2.24) is 0 Å². The highest BCUT2D eigenvalue weighted by molar-refractivity contribution is 5.66. The Kier molecular flexibility index (Phi) is 5.96. The van der Waals surface area contributed by atoms with E-state index in [0.29, 0.717) is 46.5 Å². The van der Waals surface area contributed by atoms with Gasteiger partial charge in [-0.25, -0.2) is 0 Å². The summed E-state index contributed by atoms with van der Waals surface area (Å²) < 4.78 is 5.90. The summed E-state index contributed by atoms with van der Waals surface area (Å²) in [5, 5.41) is 10.7. The highest BCUT2D eigenvalue weighted by Gasteiger charge is 2.71. The van der Waals surface area contributed by atoms with Crippen LogP contribution in [0.4, 0.5) is 0 Å². The molecule has 5 fully saturated rings. The molecule has 0 saturated heterocycles. The first kappa shape index (κ1) is 25.8. The summed E-state index contributed by atoms with van der Waals surface area (Å²) in [6.07, 6.45) is 12.2. The number of esters is 1. The van der Waals surface area contributed by atoms with Gasteiger partial charge in [0.2, 0.25) is 0 Å². The van der Waals surface area contributed by atoms with Crippen molar-refractivity contribution in [2.45, 2.75) is 119 Å². The molecule has 3 nitrogen and oxygen atoms in total. The fraction of sp³-hybridized carbons (Fsp3) is 0.906. The van der Waals surface area contributed by atoms with Crippen LogP contribution in [0.25, 0.3) is 0 Å². The topological polar surface area (TPSA) is 46.5 Å². The van der Waals surface area contributed by atoms with Crippen molar-refractivity contribution in [3.05, 3.63) is 12.2 Å². The Bertz CT molecular complexity index is 891. The molecule has 10 atom stereocenters. The van der Waals surface area contributed by atoms with Crippen molar-refractivity contribution in [3.8, 4) is 0 Å². The van der Waals surface area contributed by atoms with E-state index >= 15 is 0 Å². The van der Waals surface area contributed by atoms with Gasteiger partial charge >= 0.3 is 5.97 Å². The third kappa shape index (κ3) is 3.28. The molecule has 35 heavy (non-hydrogen) atoms. The number of aliphatic hydroxyl groups excluding tert-OH is 1. The standard InChI is InChI=1S/C32H52O3/c1-20(2)22-11-16-32(19-33)18-17-30(7)23(27(22)32)9-10-25-29(6)14-13-26(35-21(3)34)28(4,5)24(29)12-15-31(25,30)8/h22-27,33H,1,9-19H2,2-8H3/t22-,23+,24-,25+,26+,27-,29-,30+,31+,32+/m0/s1. The zero-order valence-corrected chi connectivity index (χ0v) is 23.7. The fourth-order valence-electron chi connectivity index (χ4n) is 11.9. The second kappa shape index (κ2) is 8.08. The van der Waals surface area contributed by atoms with E-state index < -0.39 is 0 Å².